The number of carbonyl (C=O) groups is 1. The van der Waals surface area contributed by atoms with E-state index in [9.17, 15) is 13.6 Å². The van der Waals surface area contributed by atoms with E-state index in [-0.39, 0.29) is 49.5 Å². The fourth-order valence-electron chi connectivity index (χ4n) is 6.98. The molecule has 0 bridgehead atoms. The molecule has 0 unspecified atom stereocenters. The normalized spacial score (nSPS) is 20.2. The zero-order valence-electron chi connectivity index (χ0n) is 26.6. The van der Waals surface area contributed by atoms with Crippen molar-refractivity contribution >= 4 is 28.2 Å². The molecule has 0 radical (unpaired) electrons. The Morgan fingerprint density at radius 1 is 1.24 bits per heavy atom. The molecule has 0 spiro atoms. The fraction of sp³-hybridized carbons (Fsp3) is 0.500. The third-order valence-electron chi connectivity index (χ3n) is 9.42. The molecule has 2 fully saturated rings. The van der Waals surface area contributed by atoms with Crippen LogP contribution in [0.25, 0.3) is 15.6 Å². The average molecular weight is 631 g/mol. The van der Waals surface area contributed by atoms with E-state index in [0.717, 1.165) is 40.1 Å². The van der Waals surface area contributed by atoms with Crippen molar-refractivity contribution in [3.63, 3.8) is 0 Å². The van der Waals surface area contributed by atoms with E-state index in [0.29, 0.717) is 39.1 Å². The first-order chi connectivity index (χ1) is 22.1. The number of likely N-dealkylation sites (N-methyl/N-ethyl adjacent to an activating group) is 1. The number of aryl methyl sites for hydroxylation is 1. The number of hydrogen-bond donors (Lipinski definition) is 0. The number of halogens is 2. The van der Waals surface area contributed by atoms with Crippen LogP contribution in [0.5, 0.6) is 6.01 Å². The summed E-state index contributed by atoms with van der Waals surface area (Å²) >= 11 is 0. The average Bonchev–Trinajstić information content (AvgIpc) is 3.02. The van der Waals surface area contributed by atoms with E-state index in [1.807, 2.05) is 37.3 Å². The standard InChI is InChI=1S/C34H40F2N8O2/c1-6-30(45)44-13-12-43(20-26(44)17-37-4)32-27-10-11-42(29-18-38-16-24-9-7-8-22(2)31(24)29)21-28(27)39-33(40-32)46-23(3)19-41(5)25-14-34(35,36)15-25/h6-9,16,18,23,25-26H,1,10-15,17,19-21H2,2-3,5H3/t23-,26+/m1/s1. The lowest BCUT2D eigenvalue weighted by molar-refractivity contribution is -0.128. The van der Waals surface area contributed by atoms with Gasteiger partial charge in [0.1, 0.15) is 18.0 Å². The van der Waals surface area contributed by atoms with Crippen molar-refractivity contribution in [3.8, 4) is 6.01 Å². The van der Waals surface area contributed by atoms with Gasteiger partial charge in [0.25, 0.3) is 5.92 Å². The van der Waals surface area contributed by atoms with Crippen LogP contribution >= 0.6 is 0 Å². The molecule has 2 aliphatic heterocycles. The highest BCUT2D eigenvalue weighted by Crippen LogP contribution is 2.40. The second kappa shape index (κ2) is 12.8. The number of alkyl halides is 2. The Labute approximate surface area is 268 Å². The van der Waals surface area contributed by atoms with Crippen LogP contribution in [-0.2, 0) is 17.8 Å². The van der Waals surface area contributed by atoms with Crippen LogP contribution in [0.15, 0.2) is 43.2 Å². The van der Waals surface area contributed by atoms with Crippen molar-refractivity contribution in [2.24, 2.45) is 0 Å². The maximum atomic E-state index is 13.5. The van der Waals surface area contributed by atoms with Crippen molar-refractivity contribution in [2.75, 3.05) is 56.1 Å². The third kappa shape index (κ3) is 6.33. The van der Waals surface area contributed by atoms with Gasteiger partial charge in [0, 0.05) is 74.1 Å². The van der Waals surface area contributed by atoms with Gasteiger partial charge in [-0.25, -0.2) is 15.4 Å². The van der Waals surface area contributed by atoms with Crippen molar-refractivity contribution in [1.29, 1.82) is 0 Å². The number of nitrogens with zero attached hydrogens (tertiary/aromatic N) is 8. The molecular formula is C34H40F2N8O2. The molecule has 3 aliphatic rings. The largest absolute Gasteiger partial charge is 0.459 e. The number of ether oxygens (including phenoxy) is 1. The zero-order chi connectivity index (χ0) is 32.6. The summed E-state index contributed by atoms with van der Waals surface area (Å²) in [5, 5.41) is 2.24. The summed E-state index contributed by atoms with van der Waals surface area (Å²) in [5.41, 5.74) is 4.10. The summed E-state index contributed by atoms with van der Waals surface area (Å²) in [6, 6.07) is 5.97. The van der Waals surface area contributed by atoms with Gasteiger partial charge in [-0.1, -0.05) is 24.8 Å². The van der Waals surface area contributed by atoms with Crippen LogP contribution in [0.3, 0.4) is 0 Å². The molecule has 46 heavy (non-hydrogen) atoms. The van der Waals surface area contributed by atoms with E-state index in [1.165, 1.54) is 11.6 Å². The lowest BCUT2D eigenvalue weighted by atomic mass is 9.87. The van der Waals surface area contributed by atoms with Crippen molar-refractivity contribution in [1.82, 2.24) is 24.8 Å². The second-order valence-corrected chi connectivity index (χ2v) is 12.7. The number of benzene rings is 1. The van der Waals surface area contributed by atoms with E-state index < -0.39 is 5.92 Å². The molecule has 1 saturated heterocycles. The maximum Gasteiger partial charge on any atom is 0.318 e. The lowest BCUT2D eigenvalue weighted by Gasteiger charge is -2.41. The predicted molar refractivity (Wildman–Crippen MR) is 173 cm³/mol. The SMILES string of the molecule is [C-]#[N+]C[C@H]1CN(c2nc(O[C@H](C)CN(C)C3CC(F)(F)C3)nc3c2CCN(c2cncc4cccc(C)c24)C3)CCN1C(=O)C=C. The smallest absolute Gasteiger partial charge is 0.318 e. The Morgan fingerprint density at radius 3 is 2.78 bits per heavy atom. The lowest BCUT2D eigenvalue weighted by Crippen LogP contribution is -2.56. The Kier molecular flexibility index (Phi) is 8.79. The molecule has 6 rings (SSSR count). The van der Waals surface area contributed by atoms with E-state index in [1.54, 1.807) is 4.90 Å². The molecule has 1 aliphatic carbocycles. The second-order valence-electron chi connectivity index (χ2n) is 12.7. The van der Waals surface area contributed by atoms with Gasteiger partial charge in [-0.3, -0.25) is 14.7 Å². The van der Waals surface area contributed by atoms with Gasteiger partial charge in [0.05, 0.1) is 24.1 Å². The topological polar surface area (TPSA) is 82.3 Å². The Morgan fingerprint density at radius 2 is 2.04 bits per heavy atom. The van der Waals surface area contributed by atoms with Crippen LogP contribution in [0.1, 0.15) is 36.6 Å². The van der Waals surface area contributed by atoms with Gasteiger partial charge in [0.2, 0.25) is 12.5 Å². The van der Waals surface area contributed by atoms with Crippen LogP contribution in [0.2, 0.25) is 0 Å². The van der Waals surface area contributed by atoms with Gasteiger partial charge < -0.3 is 24.3 Å². The van der Waals surface area contributed by atoms with E-state index in [2.05, 4.69) is 45.3 Å². The summed E-state index contributed by atoms with van der Waals surface area (Å²) in [7, 11) is 1.85. The van der Waals surface area contributed by atoms with Gasteiger partial charge in [0.15, 0.2) is 0 Å². The first kappa shape index (κ1) is 31.6. The third-order valence-corrected chi connectivity index (χ3v) is 9.42. The quantitative estimate of drug-likeness (QED) is 0.252. The Hall–Kier alpha value is -4.37. The summed E-state index contributed by atoms with van der Waals surface area (Å²) in [6.45, 7) is 18.5. The zero-order valence-corrected chi connectivity index (χ0v) is 26.6. The van der Waals surface area contributed by atoms with Crippen LogP contribution < -0.4 is 14.5 Å². The van der Waals surface area contributed by atoms with Crippen molar-refractivity contribution in [3.05, 3.63) is 71.5 Å². The molecule has 2 atom stereocenters. The number of pyridine rings is 1. The molecule has 4 heterocycles. The molecule has 0 N–H and O–H groups in total. The number of anilines is 2. The highest BCUT2D eigenvalue weighted by Gasteiger charge is 2.47. The van der Waals surface area contributed by atoms with Crippen molar-refractivity contribution in [2.45, 2.75) is 63.8 Å². The molecule has 1 amide bonds. The predicted octanol–water partition coefficient (Wildman–Crippen LogP) is 4.52. The number of amides is 1. The number of fused-ring (bicyclic) bond motifs is 2. The van der Waals surface area contributed by atoms with Gasteiger partial charge in [-0.15, -0.1) is 0 Å². The molecule has 1 saturated carbocycles. The first-order valence-corrected chi connectivity index (χ1v) is 15.8. The number of hydrogen-bond acceptors (Lipinski definition) is 8. The molecule has 2 aromatic heterocycles. The number of rotatable bonds is 9. The summed E-state index contributed by atoms with van der Waals surface area (Å²) < 4.78 is 33.3. The molecular weight excluding hydrogens is 590 g/mol. The fourth-order valence-corrected chi connectivity index (χ4v) is 6.98. The minimum atomic E-state index is -2.59. The molecule has 242 valence electrons. The number of carbonyl (C=O) groups excluding carboxylic acids is 1. The first-order valence-electron chi connectivity index (χ1n) is 15.8. The molecule has 3 aromatic rings. The summed E-state index contributed by atoms with van der Waals surface area (Å²) in [5.74, 6) is -2.01. The van der Waals surface area contributed by atoms with E-state index in [4.69, 9.17) is 21.3 Å². The molecule has 12 heteroatoms. The highest BCUT2D eigenvalue weighted by molar-refractivity contribution is 5.96. The minimum absolute atomic E-state index is 0.139. The van der Waals surface area contributed by atoms with Gasteiger partial charge >= 0.3 is 6.01 Å². The highest BCUT2D eigenvalue weighted by atomic mass is 19.3. The van der Waals surface area contributed by atoms with Gasteiger partial charge in [-0.2, -0.15) is 9.97 Å². The van der Waals surface area contributed by atoms with Gasteiger partial charge in [-0.05, 0) is 39.0 Å². The number of aromatic nitrogens is 3. The summed E-state index contributed by atoms with van der Waals surface area (Å²) in [4.78, 5) is 38.6. The Bertz CT molecular complexity index is 1660. The number of piperazine rings is 1. The molecule has 1 aromatic carbocycles. The maximum absolute atomic E-state index is 13.5. The Balaban J connectivity index is 1.31. The van der Waals surface area contributed by atoms with Crippen LogP contribution in [-0.4, -0.2) is 101 Å². The van der Waals surface area contributed by atoms with Crippen LogP contribution in [0, 0.1) is 13.5 Å². The van der Waals surface area contributed by atoms with E-state index >= 15 is 0 Å². The monoisotopic (exact) mass is 630 g/mol. The van der Waals surface area contributed by atoms with Crippen LogP contribution in [0.4, 0.5) is 20.3 Å². The van der Waals surface area contributed by atoms with Crippen molar-refractivity contribution < 1.29 is 18.3 Å². The molecule has 10 nitrogen and oxygen atoms in total. The summed E-state index contributed by atoms with van der Waals surface area (Å²) in [6.07, 6.45) is 5.17. The minimum Gasteiger partial charge on any atom is -0.459 e.